The van der Waals surface area contributed by atoms with Gasteiger partial charge in [0.25, 0.3) is 8.32 Å². The largest absolute Gasteiger partial charge is 0.469 e. The van der Waals surface area contributed by atoms with E-state index in [1.165, 1.54) is 32.1 Å². The highest BCUT2D eigenvalue weighted by molar-refractivity contribution is 6.70. The molecule has 0 bridgehead atoms. The molecule has 4 saturated carbocycles. The van der Waals surface area contributed by atoms with E-state index in [0.29, 0.717) is 48.0 Å². The lowest BCUT2D eigenvalue weighted by atomic mass is 9.43. The van der Waals surface area contributed by atoms with E-state index >= 15 is 0 Å². The number of hydrogen-bond acceptors (Lipinski definition) is 6. The fourth-order valence-electron chi connectivity index (χ4n) is 10.0. The lowest BCUT2D eigenvalue weighted by Gasteiger charge is -2.65. The molecule has 0 amide bonds. The molecule has 0 heterocycles. The molecule has 7 unspecified atom stereocenters. The molecule has 0 N–H and O–H groups in total. The van der Waals surface area contributed by atoms with Crippen LogP contribution in [-0.4, -0.2) is 56.0 Å². The van der Waals surface area contributed by atoms with Crippen molar-refractivity contribution in [1.82, 2.24) is 0 Å². The van der Waals surface area contributed by atoms with Crippen LogP contribution in [0.5, 0.6) is 0 Å². The molecule has 0 aromatic heterocycles. The second-order valence-corrected chi connectivity index (χ2v) is 31.5. The van der Waals surface area contributed by atoms with Crippen molar-refractivity contribution >= 4 is 36.6 Å². The first-order chi connectivity index (χ1) is 19.7. The van der Waals surface area contributed by atoms with Gasteiger partial charge in [-0.3, -0.25) is 4.79 Å². The first kappa shape index (κ1) is 35.4. The smallest absolute Gasteiger partial charge is 0.305 e. The molecule has 43 heavy (non-hydrogen) atoms. The zero-order valence-electron chi connectivity index (χ0n) is 30.0. The molecule has 6 nitrogen and oxygen atoms in total. The SMILES string of the molecule is COC(=O)CCC(C)C1CCC2C3C(C[C@H](O[Si](C)(C)C)C12C)C1(C)CCC(=NO[Si](C)(C)C)C[C@H]1C[C@H]3O[Si](C)(C)C. The van der Waals surface area contributed by atoms with Crippen LogP contribution in [0.4, 0.5) is 0 Å². The molecular weight excluding hydrogens is 587 g/mol. The molecule has 4 aliphatic carbocycles. The summed E-state index contributed by atoms with van der Waals surface area (Å²) < 4.78 is 25.7. The Morgan fingerprint density at radius 3 is 2.16 bits per heavy atom. The number of esters is 1. The average Bonchev–Trinajstić information content (AvgIpc) is 3.22. The second-order valence-electron chi connectivity index (χ2n) is 18.2. The zero-order chi connectivity index (χ0) is 32.2. The third-order valence-electron chi connectivity index (χ3n) is 11.8. The van der Waals surface area contributed by atoms with Gasteiger partial charge in [-0.05, 0) is 157 Å². The number of rotatable bonds is 10. The van der Waals surface area contributed by atoms with Crippen LogP contribution in [0, 0.1) is 46.3 Å². The highest BCUT2D eigenvalue weighted by Gasteiger charge is 2.67. The van der Waals surface area contributed by atoms with Crippen molar-refractivity contribution in [3.8, 4) is 0 Å². The number of fused-ring (bicyclic) bond motifs is 5. The van der Waals surface area contributed by atoms with Gasteiger partial charge in [0.2, 0.25) is 0 Å². The fourth-order valence-corrected chi connectivity index (χ4v) is 12.8. The van der Waals surface area contributed by atoms with Crippen LogP contribution < -0.4 is 0 Å². The van der Waals surface area contributed by atoms with Gasteiger partial charge in [-0.1, -0.05) is 20.8 Å². The van der Waals surface area contributed by atoms with Gasteiger partial charge in [0.05, 0.1) is 18.9 Å². The van der Waals surface area contributed by atoms with Gasteiger partial charge in [-0.2, -0.15) is 0 Å². The van der Waals surface area contributed by atoms with Crippen LogP contribution >= 0.6 is 0 Å². The summed E-state index contributed by atoms with van der Waals surface area (Å²) in [5.41, 5.74) is 1.62. The Morgan fingerprint density at radius 2 is 1.58 bits per heavy atom. The van der Waals surface area contributed by atoms with E-state index in [9.17, 15) is 4.79 Å². The summed E-state index contributed by atoms with van der Waals surface area (Å²) in [6, 6.07) is 0. The summed E-state index contributed by atoms with van der Waals surface area (Å²) in [7, 11) is -3.78. The standard InChI is InChI=1S/C34H65NO5Si3/c1-23(14-17-31(36)37-4)26-15-16-27-32-28(22-30(34(26,27)3)39-42(8,9)10)33(2)19-18-25(35-40-43(11,12)13)20-24(33)21-29(32)38-41(5,6)7/h23-24,26-30,32H,14-22H2,1-13H3/t23?,24-,26?,27?,28?,29+,30-,32?,33?,34?/m0/s1. The summed E-state index contributed by atoms with van der Waals surface area (Å²) in [5.74, 6) is 3.23. The first-order valence-corrected chi connectivity index (χ1v) is 27.6. The number of hydrogen-bond donors (Lipinski definition) is 0. The Morgan fingerprint density at radius 1 is 0.930 bits per heavy atom. The molecule has 0 aliphatic heterocycles. The van der Waals surface area contributed by atoms with Crippen molar-refractivity contribution in [1.29, 1.82) is 0 Å². The Balaban J connectivity index is 1.73. The highest BCUT2D eigenvalue weighted by atomic mass is 28.4. The van der Waals surface area contributed by atoms with Crippen LogP contribution in [0.1, 0.15) is 78.6 Å². The zero-order valence-corrected chi connectivity index (χ0v) is 33.0. The van der Waals surface area contributed by atoms with Crippen LogP contribution in [-0.2, 0) is 22.9 Å². The third kappa shape index (κ3) is 7.74. The molecule has 0 aromatic rings. The molecular formula is C34H65NO5Si3. The summed E-state index contributed by atoms with van der Waals surface area (Å²) in [6.45, 7) is 28.5. The van der Waals surface area contributed by atoms with E-state index in [-0.39, 0.29) is 22.9 Å². The molecule has 4 aliphatic rings. The Labute approximate surface area is 267 Å². The number of methoxy groups -OCH3 is 1. The van der Waals surface area contributed by atoms with Crippen LogP contribution in [0.3, 0.4) is 0 Å². The predicted molar refractivity (Wildman–Crippen MR) is 185 cm³/mol. The van der Waals surface area contributed by atoms with Gasteiger partial charge in [0, 0.05) is 12.5 Å². The normalized spacial score (nSPS) is 39.9. The van der Waals surface area contributed by atoms with Gasteiger partial charge < -0.3 is 18.1 Å². The van der Waals surface area contributed by atoms with Crippen LogP contribution in [0.25, 0.3) is 0 Å². The number of carbonyl (C=O) groups is 1. The number of nitrogens with zero attached hydrogens (tertiary/aromatic N) is 1. The maximum atomic E-state index is 12.1. The van der Waals surface area contributed by atoms with Crippen LogP contribution in [0.15, 0.2) is 5.16 Å². The number of ether oxygens (including phenoxy) is 1. The summed E-state index contributed by atoms with van der Waals surface area (Å²) in [5, 5.41) is 4.77. The first-order valence-electron chi connectivity index (χ1n) is 17.3. The number of oxime groups is 1. The van der Waals surface area contributed by atoms with E-state index < -0.39 is 25.0 Å². The Bertz CT molecular complexity index is 1030. The summed E-state index contributed by atoms with van der Waals surface area (Å²) in [4.78, 5) is 12.1. The Kier molecular flexibility index (Phi) is 10.4. The lowest BCUT2D eigenvalue weighted by Crippen LogP contribution is -2.64. The minimum atomic E-state index is -1.81. The highest BCUT2D eigenvalue weighted by Crippen LogP contribution is 2.69. The van der Waals surface area contributed by atoms with E-state index in [2.05, 4.69) is 79.7 Å². The van der Waals surface area contributed by atoms with Crippen molar-refractivity contribution in [2.45, 2.75) is 150 Å². The number of carbonyl (C=O) groups excluding carboxylic acids is 1. The molecule has 10 atom stereocenters. The lowest BCUT2D eigenvalue weighted by molar-refractivity contribution is -0.189. The quantitative estimate of drug-likeness (QED) is 0.134. The minimum absolute atomic E-state index is 0.0875. The van der Waals surface area contributed by atoms with Crippen molar-refractivity contribution in [2.75, 3.05) is 7.11 Å². The minimum Gasteiger partial charge on any atom is -0.469 e. The summed E-state index contributed by atoms with van der Waals surface area (Å²) >= 11 is 0. The molecule has 4 rings (SSSR count). The predicted octanol–water partition coefficient (Wildman–Crippen LogP) is 9.10. The van der Waals surface area contributed by atoms with Crippen LogP contribution in [0.2, 0.25) is 58.9 Å². The van der Waals surface area contributed by atoms with E-state index in [1.807, 2.05) is 0 Å². The van der Waals surface area contributed by atoms with Crippen molar-refractivity contribution in [2.24, 2.45) is 51.5 Å². The fraction of sp³-hybridized carbons (Fsp3) is 0.941. The molecule has 9 heteroatoms. The maximum Gasteiger partial charge on any atom is 0.305 e. The Hall–Kier alpha value is -0.489. The maximum absolute atomic E-state index is 12.1. The van der Waals surface area contributed by atoms with E-state index in [1.54, 1.807) is 0 Å². The molecule has 0 radical (unpaired) electrons. The van der Waals surface area contributed by atoms with Gasteiger partial charge in [0.15, 0.2) is 16.6 Å². The van der Waals surface area contributed by atoms with Gasteiger partial charge in [-0.15, -0.1) is 5.16 Å². The third-order valence-corrected chi connectivity index (χ3v) is 14.4. The van der Waals surface area contributed by atoms with Gasteiger partial charge >= 0.3 is 5.97 Å². The molecule has 0 spiro atoms. The molecule has 248 valence electrons. The van der Waals surface area contributed by atoms with Crippen molar-refractivity contribution < 1.29 is 22.9 Å². The average molecular weight is 652 g/mol. The van der Waals surface area contributed by atoms with Crippen molar-refractivity contribution in [3.63, 3.8) is 0 Å². The topological polar surface area (TPSA) is 66.4 Å². The molecule has 0 saturated heterocycles. The molecule has 0 aromatic carbocycles. The van der Waals surface area contributed by atoms with E-state index in [0.717, 1.165) is 32.1 Å². The van der Waals surface area contributed by atoms with Gasteiger partial charge in [0.1, 0.15) is 0 Å². The van der Waals surface area contributed by atoms with E-state index in [4.69, 9.17) is 23.3 Å². The van der Waals surface area contributed by atoms with Gasteiger partial charge in [-0.25, -0.2) is 0 Å². The summed E-state index contributed by atoms with van der Waals surface area (Å²) in [6.07, 6.45) is 9.99. The van der Waals surface area contributed by atoms with Crippen molar-refractivity contribution in [3.05, 3.63) is 0 Å². The molecule has 4 fully saturated rings. The monoisotopic (exact) mass is 651 g/mol. The second kappa shape index (κ2) is 12.6.